The third-order valence-corrected chi connectivity index (χ3v) is 4.76. The first-order chi connectivity index (χ1) is 12.7. The molecule has 2 amide bonds. The van der Waals surface area contributed by atoms with Gasteiger partial charge in [-0.2, -0.15) is 5.10 Å². The second kappa shape index (κ2) is 7.28. The predicted octanol–water partition coefficient (Wildman–Crippen LogP) is 1.68. The minimum absolute atomic E-state index is 0.0974. The standard InChI is InChI=1S/C17H15Cl2N3O5/c1-8(23)3-4-21-14-12(13(20-21)17(26)27-2)15(24)22(16(14)25)11-6-9(18)5-10(19)7-11/h5-7,12,14H,3-4H2,1-2H3/t12-,14+/m0/s1. The number of esters is 1. The van der Waals surface area contributed by atoms with Crippen LogP contribution >= 0.6 is 23.2 Å². The predicted molar refractivity (Wildman–Crippen MR) is 97.7 cm³/mol. The molecule has 0 aliphatic carbocycles. The van der Waals surface area contributed by atoms with Gasteiger partial charge in [0.25, 0.3) is 5.91 Å². The number of imide groups is 1. The molecule has 0 N–H and O–H groups in total. The van der Waals surface area contributed by atoms with Gasteiger partial charge in [0.15, 0.2) is 5.71 Å². The Bertz CT molecular complexity index is 865. The smallest absolute Gasteiger partial charge is 0.355 e. The van der Waals surface area contributed by atoms with Crippen LogP contribution < -0.4 is 4.90 Å². The molecule has 2 aliphatic rings. The Hall–Kier alpha value is -2.45. The van der Waals surface area contributed by atoms with Crippen molar-refractivity contribution in [2.75, 3.05) is 18.6 Å². The highest BCUT2D eigenvalue weighted by molar-refractivity contribution is 6.46. The highest BCUT2D eigenvalue weighted by Gasteiger charge is 2.58. The number of halogens is 2. The van der Waals surface area contributed by atoms with Crippen LogP contribution in [0.5, 0.6) is 0 Å². The number of hydrogen-bond donors (Lipinski definition) is 0. The lowest BCUT2D eigenvalue weighted by atomic mass is 9.98. The zero-order valence-electron chi connectivity index (χ0n) is 14.4. The molecule has 0 radical (unpaired) electrons. The summed E-state index contributed by atoms with van der Waals surface area (Å²) in [6.45, 7) is 1.50. The maximum absolute atomic E-state index is 13.0. The molecule has 0 spiro atoms. The van der Waals surface area contributed by atoms with Gasteiger partial charge in [-0.15, -0.1) is 0 Å². The second-order valence-electron chi connectivity index (χ2n) is 6.15. The lowest BCUT2D eigenvalue weighted by Crippen LogP contribution is -2.40. The van der Waals surface area contributed by atoms with E-state index in [4.69, 9.17) is 27.9 Å². The number of anilines is 1. The van der Waals surface area contributed by atoms with Crippen LogP contribution in [0.25, 0.3) is 0 Å². The summed E-state index contributed by atoms with van der Waals surface area (Å²) in [5.74, 6) is -3.23. The van der Waals surface area contributed by atoms with Crippen molar-refractivity contribution in [3.8, 4) is 0 Å². The Morgan fingerprint density at radius 2 is 1.78 bits per heavy atom. The van der Waals surface area contributed by atoms with E-state index in [9.17, 15) is 19.2 Å². The molecule has 2 aliphatic heterocycles. The quantitative estimate of drug-likeness (QED) is 0.539. The van der Waals surface area contributed by atoms with E-state index < -0.39 is 29.7 Å². The van der Waals surface area contributed by atoms with Crippen molar-refractivity contribution in [1.82, 2.24) is 5.01 Å². The van der Waals surface area contributed by atoms with Gasteiger partial charge in [-0.3, -0.25) is 19.4 Å². The van der Waals surface area contributed by atoms with E-state index in [0.29, 0.717) is 0 Å². The van der Waals surface area contributed by atoms with Gasteiger partial charge in [0.05, 0.1) is 12.8 Å². The molecule has 3 rings (SSSR count). The molecule has 1 aromatic rings. The summed E-state index contributed by atoms with van der Waals surface area (Å²) in [7, 11) is 1.16. The number of fused-ring (bicyclic) bond motifs is 1. The molecule has 142 valence electrons. The maximum Gasteiger partial charge on any atom is 0.355 e. The fourth-order valence-corrected chi connectivity index (χ4v) is 3.66. The second-order valence-corrected chi connectivity index (χ2v) is 7.03. The lowest BCUT2D eigenvalue weighted by Gasteiger charge is -2.21. The van der Waals surface area contributed by atoms with Crippen molar-refractivity contribution in [3.63, 3.8) is 0 Å². The van der Waals surface area contributed by atoms with Crippen LogP contribution in [0, 0.1) is 5.92 Å². The zero-order valence-corrected chi connectivity index (χ0v) is 16.0. The first kappa shape index (κ1) is 19.3. The molecule has 27 heavy (non-hydrogen) atoms. The molecule has 0 bridgehead atoms. The van der Waals surface area contributed by atoms with Gasteiger partial charge in [-0.1, -0.05) is 23.2 Å². The van der Waals surface area contributed by atoms with Crippen molar-refractivity contribution in [1.29, 1.82) is 0 Å². The van der Waals surface area contributed by atoms with Gasteiger partial charge in [-0.05, 0) is 25.1 Å². The molecule has 8 nitrogen and oxygen atoms in total. The van der Waals surface area contributed by atoms with Crippen LogP contribution in [0.4, 0.5) is 5.69 Å². The summed E-state index contributed by atoms with van der Waals surface area (Å²) < 4.78 is 4.69. The number of ketones is 1. The number of carbonyl (C=O) groups is 4. The van der Waals surface area contributed by atoms with Crippen LogP contribution in [-0.4, -0.2) is 54.0 Å². The van der Waals surface area contributed by atoms with Crippen molar-refractivity contribution < 1.29 is 23.9 Å². The molecule has 1 fully saturated rings. The van der Waals surface area contributed by atoms with Gasteiger partial charge in [0, 0.05) is 23.0 Å². The van der Waals surface area contributed by atoms with Crippen molar-refractivity contribution >= 4 is 58.2 Å². The van der Waals surface area contributed by atoms with Crippen molar-refractivity contribution in [2.45, 2.75) is 19.4 Å². The van der Waals surface area contributed by atoms with Gasteiger partial charge >= 0.3 is 5.97 Å². The Kier molecular flexibility index (Phi) is 5.21. The largest absolute Gasteiger partial charge is 0.464 e. The average molecular weight is 412 g/mol. The Morgan fingerprint density at radius 1 is 1.15 bits per heavy atom. The Morgan fingerprint density at radius 3 is 2.33 bits per heavy atom. The normalized spacial score (nSPS) is 21.4. The highest BCUT2D eigenvalue weighted by Crippen LogP contribution is 2.37. The SMILES string of the molecule is COC(=O)C1=NN(CCC(C)=O)[C@H]2C(=O)N(c3cc(Cl)cc(Cl)c3)C(=O)[C@@H]12. The monoisotopic (exact) mass is 411 g/mol. The van der Waals surface area contributed by atoms with E-state index in [1.165, 1.54) is 30.1 Å². The van der Waals surface area contributed by atoms with E-state index in [2.05, 4.69) is 5.10 Å². The minimum atomic E-state index is -1.12. The average Bonchev–Trinajstić information content (AvgIpc) is 3.08. The molecular formula is C17H15Cl2N3O5. The van der Waals surface area contributed by atoms with Gasteiger partial charge in [0.2, 0.25) is 5.91 Å². The number of benzene rings is 1. The summed E-state index contributed by atoms with van der Waals surface area (Å²) in [4.78, 5) is 50.3. The number of rotatable bonds is 5. The number of ether oxygens (including phenoxy) is 1. The van der Waals surface area contributed by atoms with Crippen molar-refractivity contribution in [3.05, 3.63) is 28.2 Å². The molecule has 2 atom stereocenters. The van der Waals surface area contributed by atoms with E-state index in [-0.39, 0.29) is 40.2 Å². The number of hydrogen-bond acceptors (Lipinski definition) is 7. The maximum atomic E-state index is 13.0. The van der Waals surface area contributed by atoms with E-state index in [1.54, 1.807) is 0 Å². The van der Waals surface area contributed by atoms with Gasteiger partial charge in [0.1, 0.15) is 17.7 Å². The first-order valence-electron chi connectivity index (χ1n) is 8.01. The number of Topliss-reactive ketones (excluding diaryl/α,β-unsaturated/α-hetero) is 1. The molecule has 1 saturated heterocycles. The van der Waals surface area contributed by atoms with Crippen molar-refractivity contribution in [2.24, 2.45) is 11.0 Å². The molecular weight excluding hydrogens is 397 g/mol. The summed E-state index contributed by atoms with van der Waals surface area (Å²) >= 11 is 12.0. The summed E-state index contributed by atoms with van der Waals surface area (Å²) in [6.07, 6.45) is 0.117. The number of nitrogens with zero attached hydrogens (tertiary/aromatic N) is 3. The summed E-state index contributed by atoms with van der Waals surface area (Å²) in [5.41, 5.74) is 0.0349. The van der Waals surface area contributed by atoms with Crippen LogP contribution in [-0.2, 0) is 23.9 Å². The third-order valence-electron chi connectivity index (χ3n) is 4.32. The van der Waals surface area contributed by atoms with Crippen LogP contribution in [0.1, 0.15) is 13.3 Å². The van der Waals surface area contributed by atoms with Gasteiger partial charge in [-0.25, -0.2) is 9.69 Å². The van der Waals surface area contributed by atoms with Crippen LogP contribution in [0.2, 0.25) is 10.0 Å². The van der Waals surface area contributed by atoms with Gasteiger partial charge < -0.3 is 4.74 Å². The number of methoxy groups -OCH3 is 1. The van der Waals surface area contributed by atoms with Crippen LogP contribution in [0.3, 0.4) is 0 Å². The fraction of sp³-hybridized carbons (Fsp3) is 0.353. The molecule has 0 aromatic heterocycles. The fourth-order valence-electron chi connectivity index (χ4n) is 3.14. The molecule has 1 aromatic carbocycles. The molecule has 0 unspecified atom stereocenters. The first-order valence-corrected chi connectivity index (χ1v) is 8.77. The Balaban J connectivity index is 2.01. The lowest BCUT2D eigenvalue weighted by molar-refractivity contribution is -0.133. The van der Waals surface area contributed by atoms with Crippen LogP contribution in [0.15, 0.2) is 23.3 Å². The van der Waals surface area contributed by atoms with E-state index >= 15 is 0 Å². The number of hydrazone groups is 1. The Labute approximate surface area is 164 Å². The van der Waals surface area contributed by atoms with E-state index in [1.807, 2.05) is 0 Å². The summed E-state index contributed by atoms with van der Waals surface area (Å²) in [5, 5.41) is 5.89. The molecule has 2 heterocycles. The highest BCUT2D eigenvalue weighted by atomic mass is 35.5. The number of carbonyl (C=O) groups excluding carboxylic acids is 4. The zero-order chi connectivity index (χ0) is 19.9. The molecule has 0 saturated carbocycles. The summed E-state index contributed by atoms with van der Waals surface area (Å²) in [6, 6.07) is 3.31. The molecule has 10 heteroatoms. The topological polar surface area (TPSA) is 96.3 Å². The minimum Gasteiger partial charge on any atom is -0.464 e. The van der Waals surface area contributed by atoms with E-state index in [0.717, 1.165) is 12.0 Å². The third kappa shape index (κ3) is 3.42. The number of amides is 2.